The molecule has 3 nitrogen and oxygen atoms in total. The number of aliphatic imine (C=N–C) groups is 1. The molecule has 0 spiro atoms. The monoisotopic (exact) mass is 226 g/mol. The largest absolute Gasteiger partial charge is 0.462 e. The van der Waals surface area contributed by atoms with Crippen molar-refractivity contribution in [1.82, 2.24) is 0 Å². The van der Waals surface area contributed by atoms with Crippen LogP contribution in [0.25, 0.3) is 10.8 Å². The highest BCUT2D eigenvalue weighted by molar-refractivity contribution is 5.87. The maximum atomic E-state index is 5.62. The van der Waals surface area contributed by atoms with Crippen LogP contribution in [0.3, 0.4) is 0 Å². The first kappa shape index (κ1) is 10.1. The molecule has 2 N–H and O–H groups in total. The van der Waals surface area contributed by atoms with Crippen molar-refractivity contribution in [2.45, 2.75) is 12.5 Å². The fourth-order valence-electron chi connectivity index (χ4n) is 2.36. The second kappa shape index (κ2) is 3.48. The van der Waals surface area contributed by atoms with Gasteiger partial charge in [0, 0.05) is 0 Å². The zero-order valence-electron chi connectivity index (χ0n) is 9.68. The van der Waals surface area contributed by atoms with Crippen LogP contribution >= 0.6 is 0 Å². The van der Waals surface area contributed by atoms with E-state index in [1.807, 2.05) is 18.2 Å². The Bertz CT molecular complexity index is 601. The van der Waals surface area contributed by atoms with Gasteiger partial charge in [0.15, 0.2) is 0 Å². The number of fused-ring (bicyclic) bond motifs is 1. The number of hydrogen-bond acceptors (Lipinski definition) is 3. The average Bonchev–Trinajstić information content (AvgIpc) is 2.70. The Morgan fingerprint density at radius 2 is 1.94 bits per heavy atom. The molecule has 0 saturated carbocycles. The lowest BCUT2D eigenvalue weighted by molar-refractivity contribution is 0.267. The van der Waals surface area contributed by atoms with Gasteiger partial charge in [-0.15, -0.1) is 0 Å². The predicted molar refractivity (Wildman–Crippen MR) is 68.9 cm³/mol. The lowest BCUT2D eigenvalue weighted by atomic mass is 9.89. The normalized spacial score (nSPS) is 23.5. The Labute approximate surface area is 99.9 Å². The fraction of sp³-hybridized carbons (Fsp3) is 0.214. The predicted octanol–water partition coefficient (Wildman–Crippen LogP) is 2.40. The molecule has 0 aromatic heterocycles. The number of benzene rings is 2. The highest BCUT2D eigenvalue weighted by Gasteiger charge is 2.33. The van der Waals surface area contributed by atoms with E-state index < -0.39 is 0 Å². The van der Waals surface area contributed by atoms with E-state index in [0.717, 1.165) is 5.56 Å². The first-order chi connectivity index (χ1) is 8.19. The molecule has 1 heterocycles. The van der Waals surface area contributed by atoms with Gasteiger partial charge < -0.3 is 10.5 Å². The van der Waals surface area contributed by atoms with E-state index in [-0.39, 0.29) is 11.6 Å². The summed E-state index contributed by atoms with van der Waals surface area (Å²) >= 11 is 0. The van der Waals surface area contributed by atoms with E-state index in [0.29, 0.717) is 6.61 Å². The van der Waals surface area contributed by atoms with Crippen molar-refractivity contribution >= 4 is 16.8 Å². The van der Waals surface area contributed by atoms with Crippen LogP contribution in [-0.2, 0) is 10.3 Å². The first-order valence-corrected chi connectivity index (χ1v) is 5.65. The van der Waals surface area contributed by atoms with Crippen LogP contribution in [0.2, 0.25) is 0 Å². The van der Waals surface area contributed by atoms with Crippen molar-refractivity contribution in [2.24, 2.45) is 10.7 Å². The molecule has 1 unspecified atom stereocenters. The van der Waals surface area contributed by atoms with Crippen molar-refractivity contribution in [2.75, 3.05) is 6.61 Å². The van der Waals surface area contributed by atoms with Gasteiger partial charge in [0.2, 0.25) is 0 Å². The molecule has 0 bridgehead atoms. The molecule has 86 valence electrons. The molecule has 2 aromatic carbocycles. The topological polar surface area (TPSA) is 47.6 Å². The molecule has 1 aliphatic heterocycles. The summed E-state index contributed by atoms with van der Waals surface area (Å²) in [7, 11) is 0. The number of rotatable bonds is 1. The first-order valence-electron chi connectivity index (χ1n) is 5.65. The molecule has 3 heteroatoms. The summed E-state index contributed by atoms with van der Waals surface area (Å²) in [6, 6.07) is 14.8. The molecule has 0 amide bonds. The Kier molecular flexibility index (Phi) is 2.08. The van der Waals surface area contributed by atoms with Crippen molar-refractivity contribution in [3.63, 3.8) is 0 Å². The molecule has 1 aliphatic rings. The summed E-state index contributed by atoms with van der Waals surface area (Å²) in [5.41, 5.74) is 6.41. The molecule has 0 saturated heterocycles. The van der Waals surface area contributed by atoms with Gasteiger partial charge in [-0.2, -0.15) is 0 Å². The summed E-state index contributed by atoms with van der Waals surface area (Å²) in [6.07, 6.45) is 0. The number of amidine groups is 1. The second-order valence-electron chi connectivity index (χ2n) is 4.54. The quantitative estimate of drug-likeness (QED) is 0.811. The van der Waals surface area contributed by atoms with E-state index in [1.54, 1.807) is 0 Å². The minimum Gasteiger partial charge on any atom is -0.462 e. The molecule has 3 rings (SSSR count). The molecule has 0 fully saturated rings. The Hall–Kier alpha value is -2.03. The lowest BCUT2D eigenvalue weighted by Gasteiger charge is -2.20. The highest BCUT2D eigenvalue weighted by Crippen LogP contribution is 2.34. The van der Waals surface area contributed by atoms with Crippen molar-refractivity contribution in [3.05, 3.63) is 48.0 Å². The van der Waals surface area contributed by atoms with Gasteiger partial charge in [0.1, 0.15) is 12.1 Å². The van der Waals surface area contributed by atoms with Gasteiger partial charge in [0.05, 0.1) is 0 Å². The van der Waals surface area contributed by atoms with Crippen LogP contribution in [0.5, 0.6) is 0 Å². The molecule has 1 atom stereocenters. The van der Waals surface area contributed by atoms with E-state index in [2.05, 4.69) is 36.2 Å². The number of nitrogens with two attached hydrogens (primary N) is 1. The Morgan fingerprint density at radius 3 is 2.71 bits per heavy atom. The van der Waals surface area contributed by atoms with Crippen LogP contribution < -0.4 is 5.73 Å². The Balaban J connectivity index is 2.25. The maximum Gasteiger partial charge on any atom is 0.283 e. The van der Waals surface area contributed by atoms with Crippen LogP contribution in [0, 0.1) is 0 Å². The van der Waals surface area contributed by atoms with Crippen LogP contribution in [0.4, 0.5) is 0 Å². The van der Waals surface area contributed by atoms with Gasteiger partial charge in [-0.05, 0) is 23.3 Å². The third kappa shape index (κ3) is 1.55. The van der Waals surface area contributed by atoms with Crippen molar-refractivity contribution < 1.29 is 4.74 Å². The van der Waals surface area contributed by atoms with Gasteiger partial charge >= 0.3 is 0 Å². The molecule has 17 heavy (non-hydrogen) atoms. The standard InChI is InChI=1S/C14H14N2O/c1-14(9-17-13(15)16-14)12-8-4-6-10-5-2-3-7-11(10)12/h2-8H,9H2,1H3,(H2,15,16). The van der Waals surface area contributed by atoms with Crippen molar-refractivity contribution in [3.8, 4) is 0 Å². The number of ether oxygens (including phenoxy) is 1. The summed E-state index contributed by atoms with van der Waals surface area (Å²) < 4.78 is 5.30. The second-order valence-corrected chi connectivity index (χ2v) is 4.54. The zero-order chi connectivity index (χ0) is 11.9. The third-order valence-electron chi connectivity index (χ3n) is 3.23. The van der Waals surface area contributed by atoms with E-state index in [4.69, 9.17) is 10.5 Å². The van der Waals surface area contributed by atoms with E-state index in [1.165, 1.54) is 10.8 Å². The molecule has 0 radical (unpaired) electrons. The maximum absolute atomic E-state index is 5.62. The van der Waals surface area contributed by atoms with Crippen LogP contribution in [-0.4, -0.2) is 12.6 Å². The summed E-state index contributed by atoms with van der Waals surface area (Å²) in [5.74, 6) is 0. The van der Waals surface area contributed by atoms with Gasteiger partial charge in [-0.3, -0.25) is 0 Å². The third-order valence-corrected chi connectivity index (χ3v) is 3.23. The summed E-state index contributed by atoms with van der Waals surface area (Å²) in [5, 5.41) is 2.42. The number of hydrogen-bond donors (Lipinski definition) is 1. The van der Waals surface area contributed by atoms with Crippen LogP contribution in [0.1, 0.15) is 12.5 Å². The van der Waals surface area contributed by atoms with E-state index in [9.17, 15) is 0 Å². The fourth-order valence-corrected chi connectivity index (χ4v) is 2.36. The summed E-state index contributed by atoms with van der Waals surface area (Å²) in [6.45, 7) is 2.56. The van der Waals surface area contributed by atoms with Crippen molar-refractivity contribution in [1.29, 1.82) is 0 Å². The average molecular weight is 226 g/mol. The van der Waals surface area contributed by atoms with E-state index >= 15 is 0 Å². The highest BCUT2D eigenvalue weighted by atomic mass is 16.5. The van der Waals surface area contributed by atoms with Crippen LogP contribution in [0.15, 0.2) is 47.5 Å². The minimum absolute atomic E-state index is 0.278. The minimum atomic E-state index is -0.370. The summed E-state index contributed by atoms with van der Waals surface area (Å²) in [4.78, 5) is 4.41. The van der Waals surface area contributed by atoms with Gasteiger partial charge in [-0.25, -0.2) is 4.99 Å². The molecule has 0 aliphatic carbocycles. The Morgan fingerprint density at radius 1 is 1.18 bits per heavy atom. The lowest BCUT2D eigenvalue weighted by Crippen LogP contribution is -2.21. The number of nitrogens with zero attached hydrogens (tertiary/aromatic N) is 1. The SMILES string of the molecule is CC1(c2cccc3ccccc23)COC(N)=N1. The molecular formula is C14H14N2O. The van der Waals surface area contributed by atoms with Gasteiger partial charge in [-0.1, -0.05) is 42.5 Å². The van der Waals surface area contributed by atoms with Gasteiger partial charge in [0.25, 0.3) is 6.02 Å². The smallest absolute Gasteiger partial charge is 0.283 e. The molecule has 2 aromatic rings. The molecular weight excluding hydrogens is 212 g/mol. The zero-order valence-corrected chi connectivity index (χ0v) is 9.68.